The Labute approximate surface area is 155 Å². The van der Waals surface area contributed by atoms with Crippen LogP contribution in [0, 0.1) is 0 Å². The number of aromatic nitrogens is 2. The van der Waals surface area contributed by atoms with Crippen molar-refractivity contribution < 1.29 is 17.9 Å². The van der Waals surface area contributed by atoms with Gasteiger partial charge in [0.15, 0.2) is 9.84 Å². The van der Waals surface area contributed by atoms with E-state index in [1.165, 1.54) is 29.9 Å². The topological polar surface area (TPSA) is 110 Å². The van der Waals surface area contributed by atoms with Gasteiger partial charge in [-0.1, -0.05) is 12.1 Å². The van der Waals surface area contributed by atoms with Gasteiger partial charge < -0.3 is 15.0 Å². The Hall–Kier alpha value is -3.07. The van der Waals surface area contributed by atoms with E-state index in [-0.39, 0.29) is 35.0 Å². The van der Waals surface area contributed by atoms with Gasteiger partial charge in [-0.2, -0.15) is 0 Å². The summed E-state index contributed by atoms with van der Waals surface area (Å²) in [5.41, 5.74) is 1.42. The average Bonchev–Trinajstić information content (AvgIpc) is 2.96. The molecule has 0 saturated heterocycles. The van der Waals surface area contributed by atoms with Gasteiger partial charge in [-0.15, -0.1) is 0 Å². The van der Waals surface area contributed by atoms with Gasteiger partial charge in [0.05, 0.1) is 18.1 Å². The van der Waals surface area contributed by atoms with E-state index in [9.17, 15) is 18.0 Å². The van der Waals surface area contributed by atoms with Crippen molar-refractivity contribution in [1.82, 2.24) is 14.9 Å². The van der Waals surface area contributed by atoms with Crippen LogP contribution < -0.4 is 15.7 Å². The van der Waals surface area contributed by atoms with Crippen LogP contribution in [0.5, 0.6) is 5.75 Å². The van der Waals surface area contributed by atoms with Crippen LogP contribution in [0.2, 0.25) is 0 Å². The van der Waals surface area contributed by atoms with Gasteiger partial charge in [0.1, 0.15) is 10.6 Å². The third-order valence-corrected chi connectivity index (χ3v) is 5.25. The Morgan fingerprint density at radius 3 is 2.67 bits per heavy atom. The van der Waals surface area contributed by atoms with Gasteiger partial charge in [-0.05, 0) is 30.3 Å². The molecule has 8 nitrogen and oxygen atoms in total. The number of rotatable bonds is 6. The molecule has 0 atom stereocenters. The summed E-state index contributed by atoms with van der Waals surface area (Å²) < 4.78 is 30.3. The molecule has 0 aliphatic carbocycles. The second-order valence-corrected chi connectivity index (χ2v) is 7.98. The maximum atomic E-state index is 12.4. The number of H-pyrrole nitrogens is 1. The fourth-order valence-corrected chi connectivity index (χ4v) is 3.68. The molecule has 0 bridgehead atoms. The van der Waals surface area contributed by atoms with E-state index >= 15 is 0 Å². The number of imidazole rings is 1. The molecule has 9 heteroatoms. The lowest BCUT2D eigenvalue weighted by Gasteiger charge is -2.10. The molecule has 1 heterocycles. The first-order chi connectivity index (χ1) is 12.8. The molecular formula is C18H19N3O5S. The van der Waals surface area contributed by atoms with Crippen molar-refractivity contribution in [3.63, 3.8) is 0 Å². The first-order valence-corrected chi connectivity index (χ1v) is 10.0. The highest BCUT2D eigenvalue weighted by Gasteiger charge is 2.17. The monoisotopic (exact) mass is 389 g/mol. The minimum absolute atomic E-state index is 0.0505. The van der Waals surface area contributed by atoms with E-state index in [1.54, 1.807) is 6.07 Å². The molecule has 2 N–H and O–H groups in total. The number of fused-ring (bicyclic) bond motifs is 1. The molecule has 0 saturated carbocycles. The standard InChI is InChI=1S/C18H19N3O5S/c1-26-15-8-7-12(11-16(15)27(2,24)25)17(22)19-9-10-21-14-6-4-3-5-13(14)20-18(21)23/h3-8,11H,9-10H2,1-2H3,(H,19,22)(H,20,23). The van der Waals surface area contributed by atoms with Crippen molar-refractivity contribution in [1.29, 1.82) is 0 Å². The zero-order chi connectivity index (χ0) is 19.6. The number of hydrogen-bond donors (Lipinski definition) is 2. The highest BCUT2D eigenvalue weighted by atomic mass is 32.2. The molecule has 2 aromatic carbocycles. The Balaban J connectivity index is 1.75. The van der Waals surface area contributed by atoms with E-state index in [1.807, 2.05) is 18.2 Å². The number of benzene rings is 2. The first-order valence-electron chi connectivity index (χ1n) is 8.15. The number of sulfone groups is 1. The summed E-state index contributed by atoms with van der Waals surface area (Å²) in [6.07, 6.45) is 1.05. The first kappa shape index (κ1) is 18.7. The number of carbonyl (C=O) groups is 1. The van der Waals surface area contributed by atoms with Crippen molar-refractivity contribution in [2.75, 3.05) is 19.9 Å². The highest BCUT2D eigenvalue weighted by Crippen LogP contribution is 2.24. The van der Waals surface area contributed by atoms with Gasteiger partial charge in [-0.3, -0.25) is 9.36 Å². The fraction of sp³-hybridized carbons (Fsp3) is 0.222. The Kier molecular flexibility index (Phi) is 5.04. The number of nitrogens with zero attached hydrogens (tertiary/aromatic N) is 1. The molecule has 1 aromatic heterocycles. The summed E-state index contributed by atoms with van der Waals surface area (Å²) in [4.78, 5) is 27.1. The molecule has 142 valence electrons. The molecule has 3 rings (SSSR count). The van der Waals surface area contributed by atoms with Crippen LogP contribution in [-0.4, -0.2) is 43.8 Å². The second-order valence-electron chi connectivity index (χ2n) is 5.99. The summed E-state index contributed by atoms with van der Waals surface area (Å²) in [6, 6.07) is 11.5. The molecule has 3 aromatic rings. The van der Waals surface area contributed by atoms with E-state index in [2.05, 4.69) is 10.3 Å². The Morgan fingerprint density at radius 2 is 1.96 bits per heavy atom. The number of aromatic amines is 1. The van der Waals surface area contributed by atoms with E-state index < -0.39 is 15.7 Å². The number of amides is 1. The summed E-state index contributed by atoms with van der Waals surface area (Å²) >= 11 is 0. The summed E-state index contributed by atoms with van der Waals surface area (Å²) in [7, 11) is -2.18. The van der Waals surface area contributed by atoms with Crippen molar-refractivity contribution in [2.24, 2.45) is 0 Å². The number of hydrogen-bond acceptors (Lipinski definition) is 5. The normalized spacial score (nSPS) is 11.5. The van der Waals surface area contributed by atoms with E-state index in [4.69, 9.17) is 4.74 Å². The van der Waals surface area contributed by atoms with E-state index in [0.717, 1.165) is 17.3 Å². The highest BCUT2D eigenvalue weighted by molar-refractivity contribution is 7.90. The predicted molar refractivity (Wildman–Crippen MR) is 101 cm³/mol. The lowest BCUT2D eigenvalue weighted by Crippen LogP contribution is -2.30. The lowest BCUT2D eigenvalue weighted by atomic mass is 10.2. The third kappa shape index (κ3) is 3.87. The van der Waals surface area contributed by atoms with Gasteiger partial charge in [0.2, 0.25) is 0 Å². The molecule has 0 spiro atoms. The lowest BCUT2D eigenvalue weighted by molar-refractivity contribution is 0.0952. The number of methoxy groups -OCH3 is 1. The maximum absolute atomic E-state index is 12.4. The fourth-order valence-electron chi connectivity index (χ4n) is 2.82. The Bertz CT molecular complexity index is 1160. The quantitative estimate of drug-likeness (QED) is 0.658. The summed E-state index contributed by atoms with van der Waals surface area (Å²) in [6.45, 7) is 0.491. The average molecular weight is 389 g/mol. The molecule has 1 amide bonds. The number of carbonyl (C=O) groups excluding carboxylic acids is 1. The zero-order valence-corrected chi connectivity index (χ0v) is 15.7. The SMILES string of the molecule is COc1ccc(C(=O)NCCn2c(=O)[nH]c3ccccc32)cc1S(C)(=O)=O. The van der Waals surface area contributed by atoms with Gasteiger partial charge >= 0.3 is 5.69 Å². The molecule has 0 aliphatic rings. The van der Waals surface area contributed by atoms with Crippen LogP contribution in [-0.2, 0) is 16.4 Å². The van der Waals surface area contributed by atoms with Crippen LogP contribution in [0.4, 0.5) is 0 Å². The smallest absolute Gasteiger partial charge is 0.326 e. The third-order valence-electron chi connectivity index (χ3n) is 4.13. The van der Waals surface area contributed by atoms with Crippen LogP contribution in [0.1, 0.15) is 10.4 Å². The second kappa shape index (κ2) is 7.28. The van der Waals surface area contributed by atoms with Crippen molar-refractivity contribution in [2.45, 2.75) is 11.4 Å². The van der Waals surface area contributed by atoms with Crippen molar-refractivity contribution in [3.05, 3.63) is 58.5 Å². The van der Waals surface area contributed by atoms with Crippen molar-refractivity contribution >= 4 is 26.8 Å². The molecule has 0 aliphatic heterocycles. The minimum Gasteiger partial charge on any atom is -0.495 e. The summed E-state index contributed by atoms with van der Waals surface area (Å²) in [5.74, 6) is -0.255. The molecule has 27 heavy (non-hydrogen) atoms. The maximum Gasteiger partial charge on any atom is 0.326 e. The number of ether oxygens (including phenoxy) is 1. The van der Waals surface area contributed by atoms with Crippen LogP contribution >= 0.6 is 0 Å². The number of para-hydroxylation sites is 2. The van der Waals surface area contributed by atoms with Gasteiger partial charge in [0, 0.05) is 24.9 Å². The molecule has 0 fully saturated rings. The summed E-state index contributed by atoms with van der Waals surface area (Å²) in [5, 5.41) is 2.70. The van der Waals surface area contributed by atoms with Crippen LogP contribution in [0.3, 0.4) is 0 Å². The van der Waals surface area contributed by atoms with Gasteiger partial charge in [0.25, 0.3) is 5.91 Å². The van der Waals surface area contributed by atoms with Crippen LogP contribution in [0.25, 0.3) is 11.0 Å². The predicted octanol–water partition coefficient (Wildman–Crippen LogP) is 1.17. The molecule has 0 unspecified atom stereocenters. The zero-order valence-electron chi connectivity index (χ0n) is 14.9. The van der Waals surface area contributed by atoms with E-state index in [0.29, 0.717) is 0 Å². The van der Waals surface area contributed by atoms with Gasteiger partial charge in [-0.25, -0.2) is 13.2 Å². The number of nitrogens with one attached hydrogen (secondary N) is 2. The molecule has 0 radical (unpaired) electrons. The van der Waals surface area contributed by atoms with Crippen LogP contribution in [0.15, 0.2) is 52.2 Å². The molecular weight excluding hydrogens is 370 g/mol. The Morgan fingerprint density at radius 1 is 1.22 bits per heavy atom. The minimum atomic E-state index is -3.54. The van der Waals surface area contributed by atoms with Crippen molar-refractivity contribution in [3.8, 4) is 5.75 Å². The largest absolute Gasteiger partial charge is 0.495 e.